The molecule has 3 nitrogen and oxygen atoms in total. The summed E-state index contributed by atoms with van der Waals surface area (Å²) in [4.78, 5) is 4.61. The zero-order valence-electron chi connectivity index (χ0n) is 11.5. The second-order valence-corrected chi connectivity index (χ2v) is 5.11. The normalized spacial score (nSPS) is 12.3. The van der Waals surface area contributed by atoms with E-state index >= 15 is 0 Å². The molecule has 0 spiro atoms. The number of aromatic nitrogens is 2. The van der Waals surface area contributed by atoms with Crippen LogP contribution in [0, 0.1) is 0 Å². The molecule has 22 heavy (non-hydrogen) atoms. The summed E-state index contributed by atoms with van der Waals surface area (Å²) in [5.41, 5.74) is 3.51. The molecule has 0 radical (unpaired) electrons. The molecule has 2 heterocycles. The second-order valence-electron chi connectivity index (χ2n) is 5.11. The van der Waals surface area contributed by atoms with Gasteiger partial charge in [0.1, 0.15) is 11.6 Å². The molecular formula is C17H12F2N2O. The van der Waals surface area contributed by atoms with Gasteiger partial charge in [-0.25, -0.2) is 4.98 Å². The van der Waals surface area contributed by atoms with Crippen LogP contribution in [0.1, 0.15) is 5.56 Å². The lowest BCUT2D eigenvalue weighted by Gasteiger charge is -2.08. The Hall–Kier alpha value is -2.69. The van der Waals surface area contributed by atoms with Gasteiger partial charge in [0.15, 0.2) is 0 Å². The number of para-hydroxylation sites is 1. The molecule has 1 aromatic heterocycles. The van der Waals surface area contributed by atoms with Gasteiger partial charge in [-0.15, -0.1) is 0 Å². The number of nitrogens with zero attached hydrogens (tertiary/aromatic N) is 2. The smallest absolute Gasteiger partial charge is 0.387 e. The average molecular weight is 298 g/mol. The maximum absolute atomic E-state index is 12.5. The monoisotopic (exact) mass is 298 g/mol. The first-order valence-corrected chi connectivity index (χ1v) is 6.92. The Labute approximate surface area is 125 Å². The largest absolute Gasteiger partial charge is 0.434 e. The third kappa shape index (κ3) is 2.06. The summed E-state index contributed by atoms with van der Waals surface area (Å²) in [7, 11) is 0. The molecule has 0 amide bonds. The first-order valence-electron chi connectivity index (χ1n) is 6.92. The van der Waals surface area contributed by atoms with E-state index < -0.39 is 6.61 Å². The lowest BCUT2D eigenvalue weighted by atomic mass is 10.1. The molecule has 2 aromatic carbocycles. The third-order valence-corrected chi connectivity index (χ3v) is 3.75. The molecule has 5 heteroatoms. The van der Waals surface area contributed by atoms with Crippen molar-refractivity contribution in [1.82, 2.24) is 9.55 Å². The number of fused-ring (bicyclic) bond motifs is 3. The molecule has 0 bridgehead atoms. The first-order chi connectivity index (χ1) is 10.7. The molecule has 1 aliphatic heterocycles. The SMILES string of the molecule is FC(F)Oc1ccccc1-c1cn2c(n1)-c1ccccc1C2. The van der Waals surface area contributed by atoms with Crippen LogP contribution in [-0.2, 0) is 6.54 Å². The van der Waals surface area contributed by atoms with E-state index in [2.05, 4.69) is 15.8 Å². The molecule has 0 saturated carbocycles. The quantitative estimate of drug-likeness (QED) is 0.567. The van der Waals surface area contributed by atoms with E-state index in [-0.39, 0.29) is 5.75 Å². The van der Waals surface area contributed by atoms with Crippen molar-refractivity contribution < 1.29 is 13.5 Å². The highest BCUT2D eigenvalue weighted by atomic mass is 19.3. The van der Waals surface area contributed by atoms with Crippen LogP contribution in [0.2, 0.25) is 0 Å². The molecule has 0 atom stereocenters. The van der Waals surface area contributed by atoms with Crippen LogP contribution >= 0.6 is 0 Å². The highest BCUT2D eigenvalue weighted by molar-refractivity contribution is 5.73. The molecule has 0 fully saturated rings. The highest BCUT2D eigenvalue weighted by Gasteiger charge is 2.22. The molecular weight excluding hydrogens is 286 g/mol. The number of rotatable bonds is 3. The van der Waals surface area contributed by atoms with Gasteiger partial charge in [-0.3, -0.25) is 0 Å². The summed E-state index contributed by atoms with van der Waals surface area (Å²) < 4.78 is 31.7. The molecule has 0 saturated heterocycles. The summed E-state index contributed by atoms with van der Waals surface area (Å²) in [5, 5.41) is 0. The predicted molar refractivity (Wildman–Crippen MR) is 78.8 cm³/mol. The van der Waals surface area contributed by atoms with E-state index in [0.717, 1.165) is 17.9 Å². The Morgan fingerprint density at radius 1 is 1.00 bits per heavy atom. The Morgan fingerprint density at radius 2 is 1.73 bits per heavy atom. The van der Waals surface area contributed by atoms with Crippen molar-refractivity contribution in [2.75, 3.05) is 0 Å². The van der Waals surface area contributed by atoms with Crippen molar-refractivity contribution in [1.29, 1.82) is 0 Å². The Morgan fingerprint density at radius 3 is 2.55 bits per heavy atom. The highest BCUT2D eigenvalue weighted by Crippen LogP contribution is 2.36. The van der Waals surface area contributed by atoms with Gasteiger partial charge < -0.3 is 9.30 Å². The van der Waals surface area contributed by atoms with Crippen molar-refractivity contribution in [3.63, 3.8) is 0 Å². The molecule has 1 aliphatic rings. The zero-order valence-corrected chi connectivity index (χ0v) is 11.5. The van der Waals surface area contributed by atoms with E-state index in [1.807, 2.05) is 29.0 Å². The summed E-state index contributed by atoms with van der Waals surface area (Å²) >= 11 is 0. The third-order valence-electron chi connectivity index (χ3n) is 3.75. The van der Waals surface area contributed by atoms with Gasteiger partial charge in [0.2, 0.25) is 0 Å². The summed E-state index contributed by atoms with van der Waals surface area (Å²) in [5.74, 6) is 1.00. The topological polar surface area (TPSA) is 27.1 Å². The number of halogens is 2. The number of hydrogen-bond acceptors (Lipinski definition) is 2. The standard InChI is InChI=1S/C17H12F2N2O/c18-17(19)22-15-8-4-3-7-13(15)14-10-21-9-11-5-1-2-6-12(11)16(21)20-14/h1-8,10,17H,9H2. The molecule has 110 valence electrons. The lowest BCUT2D eigenvalue weighted by Crippen LogP contribution is -2.03. The fraction of sp³-hybridized carbons (Fsp3) is 0.118. The van der Waals surface area contributed by atoms with Gasteiger partial charge in [0.25, 0.3) is 0 Å². The van der Waals surface area contributed by atoms with Crippen molar-refractivity contribution in [2.24, 2.45) is 0 Å². The van der Waals surface area contributed by atoms with E-state index in [0.29, 0.717) is 11.3 Å². The van der Waals surface area contributed by atoms with Gasteiger partial charge >= 0.3 is 6.61 Å². The van der Waals surface area contributed by atoms with Crippen molar-refractivity contribution in [3.05, 3.63) is 60.3 Å². The fourth-order valence-electron chi connectivity index (χ4n) is 2.82. The summed E-state index contributed by atoms with van der Waals surface area (Å²) in [6.07, 6.45) is 1.88. The minimum atomic E-state index is -2.85. The van der Waals surface area contributed by atoms with Crippen LogP contribution in [0.15, 0.2) is 54.7 Å². The number of hydrogen-bond donors (Lipinski definition) is 0. The van der Waals surface area contributed by atoms with Gasteiger partial charge in [-0.05, 0) is 17.7 Å². The van der Waals surface area contributed by atoms with Crippen LogP contribution in [0.25, 0.3) is 22.6 Å². The summed E-state index contributed by atoms with van der Waals surface area (Å²) in [6, 6.07) is 14.8. The van der Waals surface area contributed by atoms with Crippen molar-refractivity contribution in [2.45, 2.75) is 13.2 Å². The van der Waals surface area contributed by atoms with Crippen LogP contribution < -0.4 is 4.74 Å². The maximum Gasteiger partial charge on any atom is 0.387 e. The number of ether oxygens (including phenoxy) is 1. The second kappa shape index (κ2) is 4.94. The van der Waals surface area contributed by atoms with Gasteiger partial charge in [-0.2, -0.15) is 8.78 Å². The Bertz CT molecular complexity index is 842. The molecule has 4 rings (SSSR count). The van der Waals surface area contributed by atoms with Gasteiger partial charge in [0, 0.05) is 23.9 Å². The van der Waals surface area contributed by atoms with Crippen LogP contribution in [0.4, 0.5) is 8.78 Å². The van der Waals surface area contributed by atoms with E-state index in [1.165, 1.54) is 11.6 Å². The molecule has 3 aromatic rings. The Balaban J connectivity index is 1.79. The van der Waals surface area contributed by atoms with Gasteiger partial charge in [0.05, 0.1) is 5.69 Å². The summed E-state index contributed by atoms with van der Waals surface area (Å²) in [6.45, 7) is -2.10. The molecule has 0 unspecified atom stereocenters. The lowest BCUT2D eigenvalue weighted by molar-refractivity contribution is -0.0494. The van der Waals surface area contributed by atoms with Crippen molar-refractivity contribution in [3.8, 4) is 28.4 Å². The predicted octanol–water partition coefficient (Wildman–Crippen LogP) is 4.18. The average Bonchev–Trinajstić information content (AvgIpc) is 3.04. The van der Waals surface area contributed by atoms with Crippen LogP contribution in [0.5, 0.6) is 5.75 Å². The molecule has 0 aliphatic carbocycles. The van der Waals surface area contributed by atoms with Gasteiger partial charge in [-0.1, -0.05) is 36.4 Å². The van der Waals surface area contributed by atoms with Crippen LogP contribution in [0.3, 0.4) is 0 Å². The van der Waals surface area contributed by atoms with Crippen LogP contribution in [-0.4, -0.2) is 16.2 Å². The van der Waals surface area contributed by atoms with E-state index in [1.54, 1.807) is 18.2 Å². The number of alkyl halides is 2. The first kappa shape index (κ1) is 13.0. The van der Waals surface area contributed by atoms with E-state index in [4.69, 9.17) is 0 Å². The van der Waals surface area contributed by atoms with E-state index in [9.17, 15) is 8.78 Å². The number of imidazole rings is 1. The van der Waals surface area contributed by atoms with Crippen molar-refractivity contribution >= 4 is 0 Å². The minimum Gasteiger partial charge on any atom is -0.434 e. The number of benzene rings is 2. The molecule has 0 N–H and O–H groups in total. The maximum atomic E-state index is 12.5. The zero-order chi connectivity index (χ0) is 15.1. The fourth-order valence-corrected chi connectivity index (χ4v) is 2.82. The minimum absolute atomic E-state index is 0.141. The Kier molecular flexibility index (Phi) is 2.92.